The van der Waals surface area contributed by atoms with E-state index in [-0.39, 0.29) is 0 Å². The molecule has 0 aromatic heterocycles. The van der Waals surface area contributed by atoms with Crippen molar-refractivity contribution in [3.05, 3.63) is 55.6 Å². The molecule has 0 saturated carbocycles. The minimum absolute atomic E-state index is 0.769. The Kier molecular flexibility index (Phi) is 5.13. The lowest BCUT2D eigenvalue weighted by atomic mass is 9.80. The summed E-state index contributed by atoms with van der Waals surface area (Å²) in [6.45, 7) is 18.2. The van der Waals surface area contributed by atoms with Gasteiger partial charge in [-0.25, -0.2) is 0 Å². The fraction of sp³-hybridized carbons (Fsp3) is 0.417. The summed E-state index contributed by atoms with van der Waals surface area (Å²) >= 11 is 9.41. The molecule has 0 aliphatic rings. The first-order chi connectivity index (χ1) is 12.2. The number of thiol groups is 2. The third-order valence-corrected chi connectivity index (χ3v) is 7.46. The van der Waals surface area contributed by atoms with Crippen LogP contribution in [-0.4, -0.2) is 0 Å². The molecule has 138 valence electrons. The van der Waals surface area contributed by atoms with Crippen LogP contribution in [0.1, 0.15) is 55.6 Å². The molecule has 0 aliphatic heterocycles. The number of rotatable bonds is 2. The van der Waals surface area contributed by atoms with Gasteiger partial charge in [0.15, 0.2) is 0 Å². The maximum atomic E-state index is 4.71. The van der Waals surface area contributed by atoms with E-state index in [1.54, 1.807) is 0 Å². The Labute approximate surface area is 169 Å². The number of hydrogen-bond donors (Lipinski definition) is 2. The van der Waals surface area contributed by atoms with Crippen molar-refractivity contribution < 1.29 is 0 Å². The van der Waals surface area contributed by atoms with Crippen LogP contribution in [0.25, 0.3) is 21.5 Å². The summed E-state index contributed by atoms with van der Waals surface area (Å²) in [5, 5.41) is 5.69. The van der Waals surface area contributed by atoms with E-state index in [2.05, 4.69) is 55.4 Å². The van der Waals surface area contributed by atoms with Crippen LogP contribution in [0.15, 0.2) is 0 Å². The second kappa shape index (κ2) is 6.80. The quantitative estimate of drug-likeness (QED) is 0.337. The van der Waals surface area contributed by atoms with E-state index >= 15 is 0 Å². The third kappa shape index (κ3) is 2.45. The molecule has 0 atom stereocenters. The smallest absolute Gasteiger partial charge is 0.0163 e. The van der Waals surface area contributed by atoms with Crippen LogP contribution in [0, 0.1) is 55.4 Å². The molecule has 0 spiro atoms. The van der Waals surface area contributed by atoms with Crippen LogP contribution in [0.3, 0.4) is 0 Å². The van der Waals surface area contributed by atoms with E-state index in [4.69, 9.17) is 25.3 Å². The van der Waals surface area contributed by atoms with Crippen LogP contribution in [0.5, 0.6) is 0 Å². The summed E-state index contributed by atoms with van der Waals surface area (Å²) in [6.07, 6.45) is 0. The molecule has 3 aromatic rings. The van der Waals surface area contributed by atoms with Crippen molar-refractivity contribution in [2.75, 3.05) is 0 Å². The van der Waals surface area contributed by atoms with Gasteiger partial charge in [0.05, 0.1) is 0 Å². The van der Waals surface area contributed by atoms with Crippen LogP contribution in [0.2, 0.25) is 0 Å². The van der Waals surface area contributed by atoms with Gasteiger partial charge >= 0.3 is 0 Å². The summed E-state index contributed by atoms with van der Waals surface area (Å²) < 4.78 is 0. The third-order valence-electron chi connectivity index (χ3n) is 6.83. The van der Waals surface area contributed by atoms with Gasteiger partial charge in [-0.1, -0.05) is 0 Å². The van der Waals surface area contributed by atoms with Crippen molar-refractivity contribution in [3.8, 4) is 0 Å². The standard InChI is InChI=1S/C24H30S2/c1-11-12(2)16(6)22-18(8)24-20(10-26)14(4)13(3)19(9-25)23(24)17(7)21(22)15(11)5/h25-26H,9-10H2,1-8H3. The molecule has 2 heteroatoms. The number of fused-ring (bicyclic) bond motifs is 2. The van der Waals surface area contributed by atoms with E-state index in [0.29, 0.717) is 0 Å². The molecule has 26 heavy (non-hydrogen) atoms. The predicted octanol–water partition coefficient (Wildman–Crippen LogP) is 7.32. The van der Waals surface area contributed by atoms with Gasteiger partial charge < -0.3 is 0 Å². The lowest BCUT2D eigenvalue weighted by molar-refractivity contribution is 1.21. The van der Waals surface area contributed by atoms with E-state index in [1.807, 2.05) is 0 Å². The predicted molar refractivity (Wildman–Crippen MR) is 125 cm³/mol. The van der Waals surface area contributed by atoms with E-state index in [9.17, 15) is 0 Å². The highest BCUT2D eigenvalue weighted by Gasteiger charge is 2.22. The largest absolute Gasteiger partial charge is 0.175 e. The molecule has 0 unspecified atom stereocenters. The van der Waals surface area contributed by atoms with Crippen molar-refractivity contribution in [1.82, 2.24) is 0 Å². The lowest BCUT2D eigenvalue weighted by Crippen LogP contribution is -2.05. The first-order valence-corrected chi connectivity index (χ1v) is 10.6. The first-order valence-electron chi connectivity index (χ1n) is 9.34. The summed E-state index contributed by atoms with van der Waals surface area (Å²) in [4.78, 5) is 0. The minimum Gasteiger partial charge on any atom is -0.175 e. The second-order valence-electron chi connectivity index (χ2n) is 7.77. The van der Waals surface area contributed by atoms with E-state index in [1.165, 1.54) is 77.2 Å². The van der Waals surface area contributed by atoms with Crippen LogP contribution in [0.4, 0.5) is 0 Å². The summed E-state index contributed by atoms with van der Waals surface area (Å²) in [5.74, 6) is 1.54. The zero-order chi connectivity index (χ0) is 19.5. The van der Waals surface area contributed by atoms with Crippen LogP contribution >= 0.6 is 25.3 Å². The number of benzene rings is 3. The molecule has 0 nitrogen and oxygen atoms in total. The Morgan fingerprint density at radius 1 is 0.385 bits per heavy atom. The van der Waals surface area contributed by atoms with Gasteiger partial charge in [-0.15, -0.1) is 0 Å². The van der Waals surface area contributed by atoms with Crippen molar-refractivity contribution >= 4 is 46.8 Å². The van der Waals surface area contributed by atoms with Crippen molar-refractivity contribution in [2.45, 2.75) is 66.9 Å². The molecular formula is C24H30S2. The van der Waals surface area contributed by atoms with Gasteiger partial charge in [-0.05, 0) is 133 Å². The van der Waals surface area contributed by atoms with Crippen molar-refractivity contribution in [3.63, 3.8) is 0 Å². The molecule has 0 heterocycles. The van der Waals surface area contributed by atoms with Crippen LogP contribution < -0.4 is 0 Å². The summed E-state index contributed by atoms with van der Waals surface area (Å²) in [5.41, 5.74) is 14.0. The second-order valence-corrected chi connectivity index (χ2v) is 8.41. The summed E-state index contributed by atoms with van der Waals surface area (Å²) in [7, 11) is 0. The monoisotopic (exact) mass is 382 g/mol. The maximum absolute atomic E-state index is 4.71. The number of hydrogen-bond acceptors (Lipinski definition) is 2. The van der Waals surface area contributed by atoms with Gasteiger partial charge in [0.2, 0.25) is 0 Å². The summed E-state index contributed by atoms with van der Waals surface area (Å²) in [6, 6.07) is 0. The lowest BCUT2D eigenvalue weighted by Gasteiger charge is -2.25. The molecule has 3 aromatic carbocycles. The Morgan fingerprint density at radius 3 is 0.962 bits per heavy atom. The average molecular weight is 383 g/mol. The minimum atomic E-state index is 0.769. The molecule has 0 N–H and O–H groups in total. The molecule has 0 saturated heterocycles. The van der Waals surface area contributed by atoms with Crippen LogP contribution in [-0.2, 0) is 11.5 Å². The van der Waals surface area contributed by atoms with Gasteiger partial charge in [-0.2, -0.15) is 25.3 Å². The highest BCUT2D eigenvalue weighted by Crippen LogP contribution is 2.43. The molecule has 0 aliphatic carbocycles. The Hall–Kier alpha value is -1.12. The molecule has 0 fully saturated rings. The topological polar surface area (TPSA) is 0 Å². The number of aryl methyl sites for hydroxylation is 4. The Morgan fingerprint density at radius 2 is 0.692 bits per heavy atom. The van der Waals surface area contributed by atoms with Gasteiger partial charge in [-0.3, -0.25) is 0 Å². The molecular weight excluding hydrogens is 352 g/mol. The average Bonchev–Trinajstić information content (AvgIpc) is 2.62. The molecule has 3 rings (SSSR count). The highest BCUT2D eigenvalue weighted by atomic mass is 32.1. The molecule has 0 radical (unpaired) electrons. The Bertz CT molecular complexity index is 986. The zero-order valence-corrected chi connectivity index (χ0v) is 19.1. The zero-order valence-electron chi connectivity index (χ0n) is 17.3. The first kappa shape index (κ1) is 19.6. The Balaban J connectivity index is 2.82. The van der Waals surface area contributed by atoms with Gasteiger partial charge in [0.1, 0.15) is 0 Å². The van der Waals surface area contributed by atoms with E-state index < -0.39 is 0 Å². The SMILES string of the molecule is Cc1c(C)c(C)c2c(C)c3c(CS)c(C)c(C)c(CS)c3c(C)c2c1C. The highest BCUT2D eigenvalue weighted by molar-refractivity contribution is 7.79. The molecule has 0 bridgehead atoms. The van der Waals surface area contributed by atoms with Gasteiger partial charge in [0, 0.05) is 11.5 Å². The normalized spacial score (nSPS) is 11.8. The fourth-order valence-corrected chi connectivity index (χ4v) is 5.64. The van der Waals surface area contributed by atoms with Crippen molar-refractivity contribution in [2.24, 2.45) is 0 Å². The molecule has 0 amide bonds. The van der Waals surface area contributed by atoms with Gasteiger partial charge in [0.25, 0.3) is 0 Å². The van der Waals surface area contributed by atoms with Crippen molar-refractivity contribution in [1.29, 1.82) is 0 Å². The van der Waals surface area contributed by atoms with E-state index in [0.717, 1.165) is 11.5 Å². The fourth-order valence-electron chi connectivity index (χ4n) is 4.85. The maximum Gasteiger partial charge on any atom is 0.0163 e.